The van der Waals surface area contributed by atoms with Crippen LogP contribution in [0.5, 0.6) is 0 Å². The summed E-state index contributed by atoms with van der Waals surface area (Å²) in [6, 6.07) is 6.47. The van der Waals surface area contributed by atoms with E-state index in [-0.39, 0.29) is 5.69 Å². The predicted molar refractivity (Wildman–Crippen MR) is 70.7 cm³/mol. The molecule has 0 amide bonds. The SMILES string of the molecule is N#Cc1ccc([N+](=O)[O-])c(NCC2(C3CC3)CC2)c1. The van der Waals surface area contributed by atoms with Crippen molar-refractivity contribution >= 4 is 11.4 Å². The molecule has 2 aliphatic rings. The number of nitrogens with one attached hydrogen (secondary N) is 1. The fourth-order valence-electron chi connectivity index (χ4n) is 2.76. The zero-order valence-corrected chi connectivity index (χ0v) is 10.6. The minimum Gasteiger partial charge on any atom is -0.379 e. The smallest absolute Gasteiger partial charge is 0.292 e. The third-order valence-corrected chi connectivity index (χ3v) is 4.29. The topological polar surface area (TPSA) is 79.0 Å². The van der Waals surface area contributed by atoms with Crippen LogP contribution in [0, 0.1) is 32.8 Å². The number of rotatable bonds is 5. The van der Waals surface area contributed by atoms with Gasteiger partial charge < -0.3 is 5.32 Å². The van der Waals surface area contributed by atoms with Gasteiger partial charge in [-0.2, -0.15) is 5.26 Å². The third kappa shape index (κ3) is 2.26. The summed E-state index contributed by atoms with van der Waals surface area (Å²) in [5.74, 6) is 0.804. The molecular weight excluding hydrogens is 242 g/mol. The molecule has 0 aliphatic heterocycles. The number of hydrogen-bond donors (Lipinski definition) is 1. The molecule has 1 aromatic rings. The maximum atomic E-state index is 11.0. The Balaban J connectivity index is 1.78. The average Bonchev–Trinajstić information content (AvgIpc) is 3.28. The summed E-state index contributed by atoms with van der Waals surface area (Å²) in [6.45, 7) is 0.785. The zero-order valence-electron chi connectivity index (χ0n) is 10.6. The molecule has 0 bridgehead atoms. The maximum Gasteiger partial charge on any atom is 0.292 e. The second-order valence-corrected chi connectivity index (χ2v) is 5.59. The van der Waals surface area contributed by atoms with E-state index in [2.05, 4.69) is 5.32 Å². The van der Waals surface area contributed by atoms with Gasteiger partial charge in [0.1, 0.15) is 5.69 Å². The van der Waals surface area contributed by atoms with Crippen LogP contribution in [0.25, 0.3) is 0 Å². The Bertz CT molecular complexity index is 569. The van der Waals surface area contributed by atoms with E-state index in [1.54, 1.807) is 6.07 Å². The maximum absolute atomic E-state index is 11.0. The quantitative estimate of drug-likeness (QED) is 0.649. The Kier molecular flexibility index (Phi) is 2.67. The van der Waals surface area contributed by atoms with Gasteiger partial charge in [-0.1, -0.05) is 0 Å². The van der Waals surface area contributed by atoms with E-state index in [1.807, 2.05) is 6.07 Å². The van der Waals surface area contributed by atoms with Gasteiger partial charge in [0.15, 0.2) is 0 Å². The van der Waals surface area contributed by atoms with Crippen molar-refractivity contribution < 1.29 is 4.92 Å². The van der Waals surface area contributed by atoms with Crippen LogP contribution < -0.4 is 5.32 Å². The van der Waals surface area contributed by atoms with Gasteiger partial charge in [0.05, 0.1) is 16.6 Å². The van der Waals surface area contributed by atoms with Crippen molar-refractivity contribution in [2.75, 3.05) is 11.9 Å². The van der Waals surface area contributed by atoms with E-state index in [1.165, 1.54) is 37.8 Å². The molecule has 2 saturated carbocycles. The van der Waals surface area contributed by atoms with Crippen molar-refractivity contribution in [3.63, 3.8) is 0 Å². The second-order valence-electron chi connectivity index (χ2n) is 5.59. The lowest BCUT2D eigenvalue weighted by Gasteiger charge is -2.16. The summed E-state index contributed by atoms with van der Waals surface area (Å²) < 4.78 is 0. The lowest BCUT2D eigenvalue weighted by Crippen LogP contribution is -2.18. The van der Waals surface area contributed by atoms with Crippen LogP contribution in [-0.4, -0.2) is 11.5 Å². The van der Waals surface area contributed by atoms with Crippen LogP contribution in [-0.2, 0) is 0 Å². The highest BCUT2D eigenvalue weighted by Gasteiger charge is 2.53. The minimum atomic E-state index is -0.403. The molecule has 0 radical (unpaired) electrons. The van der Waals surface area contributed by atoms with Crippen molar-refractivity contribution in [3.05, 3.63) is 33.9 Å². The Morgan fingerprint density at radius 1 is 1.47 bits per heavy atom. The Labute approximate surface area is 111 Å². The summed E-state index contributed by atoms with van der Waals surface area (Å²) >= 11 is 0. The lowest BCUT2D eigenvalue weighted by atomic mass is 10.0. The van der Waals surface area contributed by atoms with Gasteiger partial charge in [-0.05, 0) is 49.1 Å². The first-order valence-electron chi connectivity index (χ1n) is 6.57. The summed E-state index contributed by atoms with van der Waals surface area (Å²) in [4.78, 5) is 10.6. The van der Waals surface area contributed by atoms with Crippen LogP contribution >= 0.6 is 0 Å². The molecule has 19 heavy (non-hydrogen) atoms. The van der Waals surface area contributed by atoms with E-state index in [0.29, 0.717) is 16.7 Å². The van der Waals surface area contributed by atoms with E-state index in [0.717, 1.165) is 12.5 Å². The number of nitriles is 1. The summed E-state index contributed by atoms with van der Waals surface area (Å²) in [5.41, 5.74) is 1.34. The lowest BCUT2D eigenvalue weighted by molar-refractivity contribution is -0.384. The van der Waals surface area contributed by atoms with Crippen LogP contribution in [0.1, 0.15) is 31.2 Å². The highest BCUT2D eigenvalue weighted by molar-refractivity contribution is 5.64. The number of anilines is 1. The molecule has 5 nitrogen and oxygen atoms in total. The fraction of sp³-hybridized carbons (Fsp3) is 0.500. The molecule has 0 unspecified atom stereocenters. The summed E-state index contributed by atoms with van der Waals surface area (Å²) in [5, 5.41) is 23.1. The van der Waals surface area contributed by atoms with Crippen molar-refractivity contribution in [1.29, 1.82) is 5.26 Å². The van der Waals surface area contributed by atoms with Crippen LogP contribution in [0.3, 0.4) is 0 Å². The van der Waals surface area contributed by atoms with E-state index >= 15 is 0 Å². The molecule has 3 rings (SSSR count). The third-order valence-electron chi connectivity index (χ3n) is 4.29. The molecule has 0 spiro atoms. The van der Waals surface area contributed by atoms with Gasteiger partial charge in [0.25, 0.3) is 5.69 Å². The highest BCUT2D eigenvalue weighted by atomic mass is 16.6. The van der Waals surface area contributed by atoms with Crippen LogP contribution in [0.2, 0.25) is 0 Å². The van der Waals surface area contributed by atoms with E-state index in [9.17, 15) is 10.1 Å². The van der Waals surface area contributed by atoms with Crippen molar-refractivity contribution in [2.24, 2.45) is 11.3 Å². The van der Waals surface area contributed by atoms with Gasteiger partial charge in [-0.15, -0.1) is 0 Å². The standard InChI is InChI=1S/C14H15N3O2/c15-8-10-1-4-13(17(18)19)12(7-10)16-9-14(5-6-14)11-2-3-11/h1,4,7,11,16H,2-3,5-6,9H2. The molecule has 98 valence electrons. The normalized spacial score (nSPS) is 19.5. The van der Waals surface area contributed by atoms with E-state index < -0.39 is 4.92 Å². The highest BCUT2D eigenvalue weighted by Crippen LogP contribution is 2.61. The first kappa shape index (κ1) is 12.0. The summed E-state index contributed by atoms with van der Waals surface area (Å²) in [7, 11) is 0. The number of hydrogen-bond acceptors (Lipinski definition) is 4. The molecule has 2 fully saturated rings. The first-order valence-corrected chi connectivity index (χ1v) is 6.57. The molecule has 1 N–H and O–H groups in total. The van der Waals surface area contributed by atoms with Crippen molar-refractivity contribution in [3.8, 4) is 6.07 Å². The monoisotopic (exact) mass is 257 g/mol. The largest absolute Gasteiger partial charge is 0.379 e. The Morgan fingerprint density at radius 2 is 2.21 bits per heavy atom. The minimum absolute atomic E-state index is 0.0468. The number of nitrogens with zero attached hydrogens (tertiary/aromatic N) is 2. The Morgan fingerprint density at radius 3 is 2.74 bits per heavy atom. The molecule has 2 aliphatic carbocycles. The fourth-order valence-corrected chi connectivity index (χ4v) is 2.76. The molecule has 0 heterocycles. The second kappa shape index (κ2) is 4.23. The van der Waals surface area contributed by atoms with Gasteiger partial charge in [0, 0.05) is 12.6 Å². The number of benzene rings is 1. The molecule has 1 aromatic carbocycles. The van der Waals surface area contributed by atoms with Crippen molar-refractivity contribution in [1.82, 2.24) is 0 Å². The molecule has 0 aromatic heterocycles. The van der Waals surface area contributed by atoms with Gasteiger partial charge in [-0.25, -0.2) is 0 Å². The first-order chi connectivity index (χ1) is 9.14. The van der Waals surface area contributed by atoms with Gasteiger partial charge in [-0.3, -0.25) is 10.1 Å². The molecule has 5 heteroatoms. The Hall–Kier alpha value is -2.09. The van der Waals surface area contributed by atoms with Crippen molar-refractivity contribution in [2.45, 2.75) is 25.7 Å². The zero-order chi connectivity index (χ0) is 13.5. The molecule has 0 atom stereocenters. The average molecular weight is 257 g/mol. The predicted octanol–water partition coefficient (Wildman–Crippen LogP) is 3.07. The number of nitro groups is 1. The summed E-state index contributed by atoms with van der Waals surface area (Å²) in [6.07, 6.45) is 5.02. The van der Waals surface area contributed by atoms with Crippen LogP contribution in [0.15, 0.2) is 18.2 Å². The van der Waals surface area contributed by atoms with Crippen LogP contribution in [0.4, 0.5) is 11.4 Å². The molecule has 0 saturated heterocycles. The van der Waals surface area contributed by atoms with E-state index in [4.69, 9.17) is 5.26 Å². The number of nitro benzene ring substituents is 1. The van der Waals surface area contributed by atoms with Gasteiger partial charge in [0.2, 0.25) is 0 Å². The van der Waals surface area contributed by atoms with Gasteiger partial charge >= 0.3 is 0 Å². The molecular formula is C14H15N3O2.